The van der Waals surface area contributed by atoms with Crippen LogP contribution in [0.5, 0.6) is 5.75 Å². The fourth-order valence-electron chi connectivity index (χ4n) is 1.62. The molecule has 0 aromatic heterocycles. The molecule has 1 aromatic rings. The molecule has 0 radical (unpaired) electrons. The van der Waals surface area contributed by atoms with E-state index < -0.39 is 6.10 Å². The van der Waals surface area contributed by atoms with Crippen molar-refractivity contribution in [3.8, 4) is 5.75 Å². The van der Waals surface area contributed by atoms with Crippen molar-refractivity contribution in [1.82, 2.24) is 9.21 Å². The van der Waals surface area contributed by atoms with Crippen molar-refractivity contribution in [2.24, 2.45) is 0 Å². The van der Waals surface area contributed by atoms with Gasteiger partial charge in [-0.25, -0.2) is 0 Å². The third kappa shape index (κ3) is 12.4. The second kappa shape index (κ2) is 16.9. The number of ketones is 1. The molecule has 1 fully saturated rings. The van der Waals surface area contributed by atoms with Crippen molar-refractivity contribution in [3.63, 3.8) is 0 Å². The van der Waals surface area contributed by atoms with E-state index in [2.05, 4.69) is 43.0 Å². The van der Waals surface area contributed by atoms with Gasteiger partial charge in [-0.05, 0) is 40.2 Å². The van der Waals surface area contributed by atoms with Gasteiger partial charge in [-0.2, -0.15) is 32.1 Å². The monoisotopic (exact) mass is 454 g/mol. The molecule has 0 N–H and O–H groups in total. The molecule has 1 heterocycles. The zero-order chi connectivity index (χ0) is 17.8. The maximum Gasteiger partial charge on any atom is 4.00 e. The van der Waals surface area contributed by atoms with Gasteiger partial charge < -0.3 is 28.3 Å². The van der Waals surface area contributed by atoms with E-state index in [1.54, 1.807) is 25.8 Å². The van der Waals surface area contributed by atoms with Crippen molar-refractivity contribution in [1.29, 1.82) is 0 Å². The number of ether oxygens (including phenoxy) is 1. The van der Waals surface area contributed by atoms with Crippen LogP contribution in [0.3, 0.4) is 0 Å². The maximum atomic E-state index is 10.9. The van der Waals surface area contributed by atoms with Crippen molar-refractivity contribution in [2.75, 3.05) is 26.4 Å². The number of carbonyl (C=O) groups is 1. The number of rotatable bonds is 4. The quantitative estimate of drug-likeness (QED) is 0.389. The van der Waals surface area contributed by atoms with Crippen molar-refractivity contribution in [2.45, 2.75) is 26.9 Å². The number of carbonyl (C=O) groups excluding carboxylic acids is 1. The predicted octanol–water partition coefficient (Wildman–Crippen LogP) is 4.14. The van der Waals surface area contributed by atoms with Crippen LogP contribution in [0.25, 0.3) is 0 Å². The minimum atomic E-state index is -0.400. The van der Waals surface area contributed by atoms with Gasteiger partial charge in [-0.15, -0.1) is 18.0 Å². The molecule has 0 amide bonds. The van der Waals surface area contributed by atoms with Gasteiger partial charge in [0.05, 0.1) is 0 Å². The fraction of sp³-hybridized carbons (Fsp3) is 0.421. The molecule has 1 saturated heterocycles. The van der Waals surface area contributed by atoms with Crippen LogP contribution in [0.15, 0.2) is 24.3 Å². The average molecular weight is 454 g/mol. The summed E-state index contributed by atoms with van der Waals surface area (Å²) in [5.74, 6) is 0.688. The molecule has 0 spiro atoms. The summed E-state index contributed by atoms with van der Waals surface area (Å²) in [6.07, 6.45) is 1.69. The molecular formula is C19H32N2O2RuS. The van der Waals surface area contributed by atoms with Gasteiger partial charge in [-0.1, -0.05) is 12.1 Å². The van der Waals surface area contributed by atoms with E-state index in [4.69, 9.17) is 4.74 Å². The van der Waals surface area contributed by atoms with Crippen LogP contribution < -0.4 is 4.74 Å². The van der Waals surface area contributed by atoms with Gasteiger partial charge in [0.2, 0.25) is 0 Å². The van der Waals surface area contributed by atoms with Crippen LogP contribution >= 0.6 is 11.9 Å². The third-order valence-electron chi connectivity index (χ3n) is 3.08. The summed E-state index contributed by atoms with van der Waals surface area (Å²) in [5, 5.41) is 0. The van der Waals surface area contributed by atoms with E-state index in [1.807, 2.05) is 24.3 Å². The number of benzene rings is 1. The molecule has 2 rings (SSSR count). The van der Waals surface area contributed by atoms with Crippen LogP contribution in [0.1, 0.15) is 26.3 Å². The first-order valence-electron chi connectivity index (χ1n) is 7.58. The van der Waals surface area contributed by atoms with E-state index in [-0.39, 0.29) is 32.7 Å². The Bertz CT molecular complexity index is 461. The standard InChI is InChI=1S/C11H13O2.C5H11N2S.C2H5.CH3.Ru/c1-8-6-4-5-7-11(8)13-10(3)9(2)12;1-6-3-4-7(5-6)8-2;1-2;;/h4-7,10H,1H2,2-3H3;5H,3-4H2,1-2H3;1H2,2H3;1H3;/q4*-1;+4. The summed E-state index contributed by atoms with van der Waals surface area (Å²) in [6.45, 7) is 16.5. The molecule has 25 heavy (non-hydrogen) atoms. The van der Waals surface area contributed by atoms with Crippen LogP contribution in [0, 0.1) is 27.9 Å². The van der Waals surface area contributed by atoms with Crippen LogP contribution in [0.4, 0.5) is 0 Å². The van der Waals surface area contributed by atoms with Gasteiger partial charge >= 0.3 is 19.5 Å². The predicted molar refractivity (Wildman–Crippen MR) is 106 cm³/mol. The van der Waals surface area contributed by atoms with Gasteiger partial charge in [0.1, 0.15) is 6.10 Å². The Labute approximate surface area is 172 Å². The Hall–Kier alpha value is -0.547. The first-order valence-corrected chi connectivity index (χ1v) is 8.77. The third-order valence-corrected chi connectivity index (χ3v) is 3.83. The van der Waals surface area contributed by atoms with E-state index in [9.17, 15) is 4.79 Å². The number of hydrogen-bond acceptors (Lipinski definition) is 5. The molecular weight excluding hydrogens is 421 g/mol. The second-order valence-corrected chi connectivity index (χ2v) is 5.73. The number of Topliss-reactive ketones (excluding diaryl/α,β-unsaturated/α-hetero) is 1. The summed E-state index contributed by atoms with van der Waals surface area (Å²) >= 11 is 1.77. The molecule has 1 aromatic carbocycles. The van der Waals surface area contributed by atoms with Crippen molar-refractivity contribution < 1.29 is 29.0 Å². The number of nitrogens with zero attached hydrogens (tertiary/aromatic N) is 2. The Morgan fingerprint density at radius 1 is 1.32 bits per heavy atom. The SMILES string of the molecule is CSN1[CH-]N(C)CC1.[CH2-]C.[CH2-]c1ccccc1OC(C)C(C)=O.[CH3-].[Ru+4]. The number of para-hydroxylation sites is 1. The molecule has 1 unspecified atom stereocenters. The smallest absolute Gasteiger partial charge is 0.541 e. The largest absolute Gasteiger partial charge is 4.00 e. The molecule has 1 aliphatic rings. The number of likely N-dealkylation sites (N-methyl/N-ethyl adjacent to an activating group) is 1. The fourth-order valence-corrected chi connectivity index (χ4v) is 2.14. The Balaban J connectivity index is -0.000000351. The van der Waals surface area contributed by atoms with E-state index in [0.717, 1.165) is 12.1 Å². The molecule has 1 atom stereocenters. The average Bonchev–Trinajstić information content (AvgIpc) is 2.98. The first-order chi connectivity index (χ1) is 10.9. The van der Waals surface area contributed by atoms with Gasteiger partial charge in [0, 0.05) is 5.75 Å². The molecule has 4 nitrogen and oxygen atoms in total. The van der Waals surface area contributed by atoms with E-state index >= 15 is 0 Å². The van der Waals surface area contributed by atoms with Crippen LogP contribution in [-0.4, -0.2) is 47.5 Å². The van der Waals surface area contributed by atoms with E-state index in [1.165, 1.54) is 13.5 Å². The summed E-state index contributed by atoms with van der Waals surface area (Å²) < 4.78 is 7.62. The molecule has 0 saturated carbocycles. The normalized spacial score (nSPS) is 14.5. The maximum absolute atomic E-state index is 10.9. The zero-order valence-electron chi connectivity index (χ0n) is 16.3. The first kappa shape index (κ1) is 29.2. The van der Waals surface area contributed by atoms with Gasteiger partial charge in [0.25, 0.3) is 0 Å². The summed E-state index contributed by atoms with van der Waals surface area (Å²) in [4.78, 5) is 13.1. The van der Waals surface area contributed by atoms with Crippen LogP contribution in [0.2, 0.25) is 0 Å². The van der Waals surface area contributed by atoms with Crippen molar-refractivity contribution in [3.05, 3.63) is 57.8 Å². The molecule has 0 aliphatic carbocycles. The minimum Gasteiger partial charge on any atom is -0.541 e. The Kier molecular flexibility index (Phi) is 19.8. The van der Waals surface area contributed by atoms with Crippen molar-refractivity contribution >= 4 is 17.7 Å². The summed E-state index contributed by atoms with van der Waals surface area (Å²) in [7, 11) is 2.09. The van der Waals surface area contributed by atoms with Crippen LogP contribution in [-0.2, 0) is 24.3 Å². The molecule has 144 valence electrons. The number of hydrogen-bond donors (Lipinski definition) is 0. The topological polar surface area (TPSA) is 32.8 Å². The second-order valence-electron chi connectivity index (χ2n) is 4.90. The van der Waals surface area contributed by atoms with Gasteiger partial charge in [-0.3, -0.25) is 4.79 Å². The molecule has 6 heteroatoms. The Morgan fingerprint density at radius 3 is 2.24 bits per heavy atom. The summed E-state index contributed by atoms with van der Waals surface area (Å²) in [5.41, 5.74) is 0.801. The van der Waals surface area contributed by atoms with Gasteiger partial charge in [0.15, 0.2) is 5.78 Å². The Morgan fingerprint density at radius 2 is 1.88 bits per heavy atom. The minimum absolute atomic E-state index is 0. The zero-order valence-corrected chi connectivity index (χ0v) is 18.8. The molecule has 0 bridgehead atoms. The molecule has 1 aliphatic heterocycles. The summed E-state index contributed by atoms with van der Waals surface area (Å²) in [6, 6.07) is 7.40. The van der Waals surface area contributed by atoms with E-state index in [0.29, 0.717) is 5.75 Å².